The summed E-state index contributed by atoms with van der Waals surface area (Å²) < 4.78 is 36.5. The molecule has 1 unspecified atom stereocenters. The van der Waals surface area contributed by atoms with Gasteiger partial charge in [0.15, 0.2) is 5.15 Å². The van der Waals surface area contributed by atoms with Crippen molar-refractivity contribution in [3.8, 4) is 10.6 Å². The molecule has 2 heterocycles. The van der Waals surface area contributed by atoms with E-state index < -0.39 is 18.5 Å². The summed E-state index contributed by atoms with van der Waals surface area (Å²) in [5.74, 6) is -0.395. The van der Waals surface area contributed by atoms with Crippen molar-refractivity contribution < 1.29 is 18.0 Å². The highest BCUT2D eigenvalue weighted by Crippen LogP contribution is 2.35. The first-order valence-corrected chi connectivity index (χ1v) is 10.2. The summed E-state index contributed by atoms with van der Waals surface area (Å²) in [7, 11) is 0. The van der Waals surface area contributed by atoms with Crippen LogP contribution in [-0.2, 0) is 4.79 Å². The third-order valence-corrected chi connectivity index (χ3v) is 5.98. The highest BCUT2D eigenvalue weighted by molar-refractivity contribution is 7.99. The molecule has 10 heteroatoms. The van der Waals surface area contributed by atoms with Crippen molar-refractivity contribution >= 4 is 45.6 Å². The Balaban J connectivity index is 1.94. The second-order valence-corrected chi connectivity index (χ2v) is 7.92. The number of nitrogens with one attached hydrogen (secondary N) is 1. The third kappa shape index (κ3) is 6.44. The maximum atomic E-state index is 12.4. The lowest BCUT2D eigenvalue weighted by Crippen LogP contribution is -2.24. The predicted molar refractivity (Wildman–Crippen MR) is 101 cm³/mol. The molecule has 2 aromatic heterocycles. The molecule has 0 saturated carbocycles. The Labute approximate surface area is 162 Å². The van der Waals surface area contributed by atoms with Crippen LogP contribution in [0.4, 0.5) is 18.2 Å². The average molecular weight is 424 g/mol. The van der Waals surface area contributed by atoms with Crippen LogP contribution in [0.25, 0.3) is 10.6 Å². The zero-order chi connectivity index (χ0) is 19.2. The summed E-state index contributed by atoms with van der Waals surface area (Å²) >= 11 is 8.45. The molecule has 1 N–H and O–H groups in total. The van der Waals surface area contributed by atoms with Crippen molar-refractivity contribution in [3.05, 3.63) is 29.7 Å². The number of pyridine rings is 1. The number of thioether (sulfide) groups is 1. The average Bonchev–Trinajstić information content (AvgIpc) is 2.95. The van der Waals surface area contributed by atoms with Gasteiger partial charge in [0.1, 0.15) is 10.0 Å². The highest BCUT2D eigenvalue weighted by atomic mass is 35.5. The van der Waals surface area contributed by atoms with Gasteiger partial charge in [-0.2, -0.15) is 24.9 Å². The summed E-state index contributed by atoms with van der Waals surface area (Å²) in [4.78, 5) is 20.6. The molecule has 142 valence electrons. The second kappa shape index (κ2) is 9.57. The van der Waals surface area contributed by atoms with Crippen molar-refractivity contribution in [2.75, 3.05) is 16.8 Å². The molecule has 1 amide bonds. The van der Waals surface area contributed by atoms with Crippen LogP contribution in [0, 0.1) is 5.92 Å². The van der Waals surface area contributed by atoms with Crippen molar-refractivity contribution in [2.45, 2.75) is 25.9 Å². The number of rotatable bonds is 8. The molecule has 26 heavy (non-hydrogen) atoms. The molecular weight excluding hydrogens is 407 g/mol. The van der Waals surface area contributed by atoms with E-state index >= 15 is 0 Å². The fourth-order valence-electron chi connectivity index (χ4n) is 2.00. The zero-order valence-corrected chi connectivity index (χ0v) is 16.2. The molecule has 0 radical (unpaired) electrons. The number of carbonyl (C=O) groups excluding carboxylic acids is 1. The molecule has 0 spiro atoms. The van der Waals surface area contributed by atoms with Crippen molar-refractivity contribution in [1.29, 1.82) is 0 Å². The van der Waals surface area contributed by atoms with E-state index in [0.29, 0.717) is 22.2 Å². The second-order valence-electron chi connectivity index (χ2n) is 5.42. The van der Waals surface area contributed by atoms with Crippen LogP contribution in [0.15, 0.2) is 24.5 Å². The summed E-state index contributed by atoms with van der Waals surface area (Å²) in [6.07, 6.45) is -1.21. The van der Waals surface area contributed by atoms with E-state index in [1.807, 2.05) is 13.0 Å². The smallest absolute Gasteiger partial charge is 0.315 e. The number of hydrogen-bond donors (Lipinski definition) is 1. The number of alkyl halides is 3. The van der Waals surface area contributed by atoms with Gasteiger partial charge in [0.2, 0.25) is 5.91 Å². The van der Waals surface area contributed by atoms with Crippen LogP contribution in [-0.4, -0.2) is 33.6 Å². The number of hydrogen-bond acceptors (Lipinski definition) is 5. The zero-order valence-electron chi connectivity index (χ0n) is 13.8. The van der Waals surface area contributed by atoms with Gasteiger partial charge in [-0.05, 0) is 18.6 Å². The van der Waals surface area contributed by atoms with Crippen molar-refractivity contribution in [2.24, 2.45) is 5.92 Å². The lowest BCUT2D eigenvalue weighted by Gasteiger charge is -2.14. The Morgan fingerprint density at radius 1 is 1.46 bits per heavy atom. The van der Waals surface area contributed by atoms with Crippen LogP contribution in [0.1, 0.15) is 19.8 Å². The lowest BCUT2D eigenvalue weighted by atomic mass is 10.1. The number of halogens is 4. The van der Waals surface area contributed by atoms with E-state index in [0.717, 1.165) is 17.3 Å². The molecule has 0 aliphatic heterocycles. The standard InChI is InChI=1S/C16H17ClF3N3OS2/c1-2-10(9-25-7-5-16(18,19)20)13(24)23-15-12(17)22-14(26-15)11-4-3-6-21-8-11/h3-4,6,8,10H,2,5,7,9H2,1H3,(H,23,24). The minimum Gasteiger partial charge on any atom is -0.315 e. The Bertz CT molecular complexity index is 725. The molecule has 0 aromatic carbocycles. The van der Waals surface area contributed by atoms with E-state index in [1.165, 1.54) is 11.3 Å². The minimum atomic E-state index is -4.17. The van der Waals surface area contributed by atoms with E-state index in [2.05, 4.69) is 15.3 Å². The van der Waals surface area contributed by atoms with Gasteiger partial charge in [0, 0.05) is 35.4 Å². The Morgan fingerprint density at radius 3 is 2.85 bits per heavy atom. The van der Waals surface area contributed by atoms with Gasteiger partial charge < -0.3 is 5.32 Å². The van der Waals surface area contributed by atoms with Crippen LogP contribution in [0.3, 0.4) is 0 Å². The molecule has 2 aromatic rings. The number of aromatic nitrogens is 2. The van der Waals surface area contributed by atoms with Crippen LogP contribution >= 0.6 is 34.7 Å². The summed E-state index contributed by atoms with van der Waals surface area (Å²) in [5.41, 5.74) is 0.787. The fraction of sp³-hybridized carbons (Fsp3) is 0.438. The Kier molecular flexibility index (Phi) is 7.72. The van der Waals surface area contributed by atoms with Gasteiger partial charge in [-0.1, -0.05) is 29.9 Å². The number of thiazole rings is 1. The van der Waals surface area contributed by atoms with E-state index in [4.69, 9.17) is 11.6 Å². The van der Waals surface area contributed by atoms with E-state index in [-0.39, 0.29) is 16.8 Å². The summed E-state index contributed by atoms with van der Waals surface area (Å²) in [6, 6.07) is 3.61. The normalized spacial score (nSPS) is 12.8. The van der Waals surface area contributed by atoms with Gasteiger partial charge >= 0.3 is 6.18 Å². The molecular formula is C16H17ClF3N3OS2. The van der Waals surface area contributed by atoms with Crippen LogP contribution in [0.2, 0.25) is 5.15 Å². The highest BCUT2D eigenvalue weighted by Gasteiger charge is 2.27. The first kappa shape index (κ1) is 21.0. The Morgan fingerprint density at radius 2 is 2.23 bits per heavy atom. The van der Waals surface area contributed by atoms with E-state index in [1.54, 1.807) is 18.5 Å². The largest absolute Gasteiger partial charge is 0.389 e. The first-order chi connectivity index (χ1) is 12.3. The van der Waals surface area contributed by atoms with E-state index in [9.17, 15) is 18.0 Å². The lowest BCUT2D eigenvalue weighted by molar-refractivity contribution is -0.129. The molecule has 0 bridgehead atoms. The minimum absolute atomic E-state index is 0.0558. The molecule has 0 aliphatic rings. The predicted octanol–water partition coefficient (Wildman–Crippen LogP) is 5.51. The van der Waals surface area contributed by atoms with Gasteiger partial charge in [0.25, 0.3) is 0 Å². The first-order valence-electron chi connectivity index (χ1n) is 7.82. The number of nitrogens with zero attached hydrogens (tertiary/aromatic N) is 2. The molecule has 1 atom stereocenters. The SMILES string of the molecule is CCC(CSCCC(F)(F)F)C(=O)Nc1sc(-c2cccnc2)nc1Cl. The van der Waals surface area contributed by atoms with Crippen LogP contribution in [0.5, 0.6) is 0 Å². The maximum Gasteiger partial charge on any atom is 0.389 e. The fourth-order valence-corrected chi connectivity index (χ4v) is 4.36. The molecule has 2 rings (SSSR count). The molecule has 4 nitrogen and oxygen atoms in total. The van der Waals surface area contributed by atoms with Gasteiger partial charge in [0.05, 0.1) is 6.42 Å². The van der Waals surface area contributed by atoms with Crippen molar-refractivity contribution in [3.63, 3.8) is 0 Å². The van der Waals surface area contributed by atoms with Crippen LogP contribution < -0.4 is 5.32 Å². The van der Waals surface area contributed by atoms with Crippen molar-refractivity contribution in [1.82, 2.24) is 9.97 Å². The maximum absolute atomic E-state index is 12.4. The topological polar surface area (TPSA) is 54.9 Å². The van der Waals surface area contributed by atoms with Gasteiger partial charge in [-0.3, -0.25) is 9.78 Å². The quantitative estimate of drug-likeness (QED) is 0.569. The molecule has 0 saturated heterocycles. The molecule has 0 fully saturated rings. The Hall–Kier alpha value is -1.32. The summed E-state index contributed by atoms with van der Waals surface area (Å²) in [6.45, 7) is 1.82. The molecule has 0 aliphatic carbocycles. The third-order valence-electron chi connectivity index (χ3n) is 3.44. The van der Waals surface area contributed by atoms with Gasteiger partial charge in [-0.25, -0.2) is 4.98 Å². The summed E-state index contributed by atoms with van der Waals surface area (Å²) in [5, 5.41) is 3.98. The number of anilines is 1. The van der Waals surface area contributed by atoms with Gasteiger partial charge in [-0.15, -0.1) is 0 Å². The monoisotopic (exact) mass is 423 g/mol. The number of amides is 1. The number of carbonyl (C=O) groups is 1.